The van der Waals surface area contributed by atoms with Crippen molar-refractivity contribution < 1.29 is 19.4 Å². The third kappa shape index (κ3) is 2.77. The zero-order valence-electron chi connectivity index (χ0n) is 11.6. The van der Waals surface area contributed by atoms with Crippen LogP contribution in [0.5, 0.6) is 5.75 Å². The number of carbonyl (C=O) groups excluding carboxylic acids is 1. The van der Waals surface area contributed by atoms with Crippen molar-refractivity contribution in [2.24, 2.45) is 0 Å². The number of aliphatic carboxylic acids is 1. The molecular weight excluding hydrogens is 270 g/mol. The number of nitrogens with zero attached hydrogens (tertiary/aromatic N) is 1. The molecular formula is C16H17NO4. The fraction of sp³-hybridized carbons (Fsp3) is 0.375. The number of likely N-dealkylation sites (tertiary alicyclic amines) is 1. The molecule has 2 heterocycles. The third-order valence-electron chi connectivity index (χ3n) is 3.95. The highest BCUT2D eigenvalue weighted by molar-refractivity contribution is 5.94. The Labute approximate surface area is 122 Å². The van der Waals surface area contributed by atoms with E-state index in [1.165, 1.54) is 11.0 Å². The first-order chi connectivity index (χ1) is 10.1. The van der Waals surface area contributed by atoms with Gasteiger partial charge < -0.3 is 14.7 Å². The van der Waals surface area contributed by atoms with Gasteiger partial charge in [0.15, 0.2) is 0 Å². The predicted molar refractivity (Wildman–Crippen MR) is 77.0 cm³/mol. The first-order valence-electron chi connectivity index (χ1n) is 7.12. The standard InChI is InChI=1S/C16H17NO4/c18-15(17-8-1-2-13(17)16(19)20)6-4-11-3-5-14-12(10-11)7-9-21-14/h3-6,10,13H,1-2,7-9H2,(H,19,20)/t13-/m1/s1. The summed E-state index contributed by atoms with van der Waals surface area (Å²) >= 11 is 0. The van der Waals surface area contributed by atoms with Crippen LogP contribution in [0.2, 0.25) is 0 Å². The van der Waals surface area contributed by atoms with Gasteiger partial charge in [-0.15, -0.1) is 0 Å². The fourth-order valence-electron chi connectivity index (χ4n) is 2.86. The van der Waals surface area contributed by atoms with Crippen molar-refractivity contribution in [2.75, 3.05) is 13.2 Å². The molecule has 1 saturated heterocycles. The van der Waals surface area contributed by atoms with Crippen LogP contribution in [0.1, 0.15) is 24.0 Å². The van der Waals surface area contributed by atoms with Crippen LogP contribution in [0.3, 0.4) is 0 Å². The topological polar surface area (TPSA) is 66.8 Å². The second-order valence-corrected chi connectivity index (χ2v) is 5.33. The van der Waals surface area contributed by atoms with E-state index in [1.807, 2.05) is 18.2 Å². The lowest BCUT2D eigenvalue weighted by atomic mass is 10.1. The summed E-state index contributed by atoms with van der Waals surface area (Å²) in [6.45, 7) is 1.22. The Hall–Kier alpha value is -2.30. The molecule has 5 nitrogen and oxygen atoms in total. The zero-order valence-corrected chi connectivity index (χ0v) is 11.6. The second kappa shape index (κ2) is 5.60. The molecule has 0 radical (unpaired) electrons. The Morgan fingerprint density at radius 2 is 2.24 bits per heavy atom. The molecule has 1 amide bonds. The molecule has 1 N–H and O–H groups in total. The average Bonchev–Trinajstić information content (AvgIpc) is 3.12. The van der Waals surface area contributed by atoms with Gasteiger partial charge in [0.2, 0.25) is 5.91 Å². The summed E-state index contributed by atoms with van der Waals surface area (Å²) in [6.07, 6.45) is 5.35. The van der Waals surface area contributed by atoms with E-state index in [9.17, 15) is 9.59 Å². The third-order valence-corrected chi connectivity index (χ3v) is 3.95. The fourth-order valence-corrected chi connectivity index (χ4v) is 2.86. The number of carboxylic acid groups (broad SMARTS) is 1. The van der Waals surface area contributed by atoms with Crippen molar-refractivity contribution in [1.82, 2.24) is 4.90 Å². The van der Waals surface area contributed by atoms with Crippen LogP contribution in [0.15, 0.2) is 24.3 Å². The van der Waals surface area contributed by atoms with Gasteiger partial charge in [0.05, 0.1) is 6.61 Å². The van der Waals surface area contributed by atoms with Gasteiger partial charge >= 0.3 is 5.97 Å². The molecule has 2 aliphatic rings. The van der Waals surface area contributed by atoms with Crippen molar-refractivity contribution >= 4 is 18.0 Å². The maximum absolute atomic E-state index is 12.1. The highest BCUT2D eigenvalue weighted by atomic mass is 16.5. The van der Waals surface area contributed by atoms with Gasteiger partial charge in [-0.2, -0.15) is 0 Å². The van der Waals surface area contributed by atoms with Crippen molar-refractivity contribution in [3.05, 3.63) is 35.4 Å². The molecule has 0 aromatic heterocycles. The van der Waals surface area contributed by atoms with Gasteiger partial charge in [0.1, 0.15) is 11.8 Å². The normalized spacial score (nSPS) is 20.6. The van der Waals surface area contributed by atoms with E-state index in [0.717, 1.165) is 29.7 Å². The maximum Gasteiger partial charge on any atom is 0.326 e. The number of hydrogen-bond donors (Lipinski definition) is 1. The van der Waals surface area contributed by atoms with Crippen LogP contribution in [0, 0.1) is 0 Å². The number of rotatable bonds is 3. The van der Waals surface area contributed by atoms with E-state index in [-0.39, 0.29) is 5.91 Å². The molecule has 1 aromatic rings. The molecule has 1 aromatic carbocycles. The molecule has 2 aliphatic heterocycles. The van der Waals surface area contributed by atoms with Gasteiger partial charge in [0.25, 0.3) is 0 Å². The summed E-state index contributed by atoms with van der Waals surface area (Å²) in [4.78, 5) is 24.6. The minimum absolute atomic E-state index is 0.239. The van der Waals surface area contributed by atoms with Crippen LogP contribution < -0.4 is 4.74 Å². The van der Waals surface area contributed by atoms with Gasteiger partial charge in [-0.05, 0) is 42.2 Å². The Bertz CT molecular complexity index is 608. The lowest BCUT2D eigenvalue weighted by Crippen LogP contribution is -2.39. The molecule has 1 atom stereocenters. The minimum atomic E-state index is -0.927. The molecule has 5 heteroatoms. The predicted octanol–water partition coefficient (Wildman–Crippen LogP) is 1.71. The summed E-state index contributed by atoms with van der Waals surface area (Å²) in [5, 5.41) is 9.09. The summed E-state index contributed by atoms with van der Waals surface area (Å²) in [5.74, 6) is -0.260. The molecule has 0 bridgehead atoms. The van der Waals surface area contributed by atoms with E-state index in [2.05, 4.69) is 0 Å². The largest absolute Gasteiger partial charge is 0.493 e. The van der Waals surface area contributed by atoms with E-state index in [4.69, 9.17) is 9.84 Å². The number of carboxylic acids is 1. The number of benzene rings is 1. The molecule has 0 unspecified atom stereocenters. The van der Waals surface area contributed by atoms with Crippen molar-refractivity contribution in [3.8, 4) is 5.75 Å². The quantitative estimate of drug-likeness (QED) is 0.859. The molecule has 110 valence electrons. The summed E-state index contributed by atoms with van der Waals surface area (Å²) in [5.41, 5.74) is 2.08. The lowest BCUT2D eigenvalue weighted by molar-refractivity contribution is -0.146. The molecule has 3 rings (SSSR count). The van der Waals surface area contributed by atoms with E-state index < -0.39 is 12.0 Å². The Morgan fingerprint density at radius 1 is 1.38 bits per heavy atom. The van der Waals surface area contributed by atoms with E-state index in [1.54, 1.807) is 6.08 Å². The zero-order chi connectivity index (χ0) is 14.8. The second-order valence-electron chi connectivity index (χ2n) is 5.33. The van der Waals surface area contributed by atoms with Crippen LogP contribution in [0.25, 0.3) is 6.08 Å². The minimum Gasteiger partial charge on any atom is -0.493 e. The SMILES string of the molecule is O=C(O)[C@H]1CCCN1C(=O)C=Cc1ccc2c(c1)CCO2. The molecule has 1 fully saturated rings. The summed E-state index contributed by atoms with van der Waals surface area (Å²) in [6, 6.07) is 5.12. The van der Waals surface area contributed by atoms with E-state index in [0.29, 0.717) is 19.6 Å². The van der Waals surface area contributed by atoms with Gasteiger partial charge in [-0.25, -0.2) is 4.79 Å². The Morgan fingerprint density at radius 3 is 3.05 bits per heavy atom. The smallest absolute Gasteiger partial charge is 0.326 e. The average molecular weight is 287 g/mol. The number of hydrogen-bond acceptors (Lipinski definition) is 3. The molecule has 0 aliphatic carbocycles. The number of amides is 1. The first-order valence-corrected chi connectivity index (χ1v) is 7.12. The lowest BCUT2D eigenvalue weighted by Gasteiger charge is -2.19. The monoisotopic (exact) mass is 287 g/mol. The number of carbonyl (C=O) groups is 2. The maximum atomic E-state index is 12.1. The van der Waals surface area contributed by atoms with Gasteiger partial charge in [-0.3, -0.25) is 4.79 Å². The highest BCUT2D eigenvalue weighted by Gasteiger charge is 2.32. The molecule has 0 saturated carbocycles. The first kappa shape index (κ1) is 13.7. The van der Waals surface area contributed by atoms with Crippen molar-refractivity contribution in [2.45, 2.75) is 25.3 Å². The van der Waals surface area contributed by atoms with Gasteiger partial charge in [0, 0.05) is 19.0 Å². The molecule has 21 heavy (non-hydrogen) atoms. The highest BCUT2D eigenvalue weighted by Crippen LogP contribution is 2.26. The Balaban J connectivity index is 1.71. The van der Waals surface area contributed by atoms with Crippen LogP contribution in [-0.4, -0.2) is 41.1 Å². The van der Waals surface area contributed by atoms with Crippen molar-refractivity contribution in [3.63, 3.8) is 0 Å². The van der Waals surface area contributed by atoms with Crippen molar-refractivity contribution in [1.29, 1.82) is 0 Å². The van der Waals surface area contributed by atoms with Gasteiger partial charge in [-0.1, -0.05) is 6.07 Å². The number of ether oxygens (including phenoxy) is 1. The molecule has 0 spiro atoms. The van der Waals surface area contributed by atoms with Crippen LogP contribution in [0.4, 0.5) is 0 Å². The van der Waals surface area contributed by atoms with E-state index >= 15 is 0 Å². The summed E-state index contributed by atoms with van der Waals surface area (Å²) in [7, 11) is 0. The number of fused-ring (bicyclic) bond motifs is 1. The van der Waals surface area contributed by atoms with Crippen LogP contribution in [-0.2, 0) is 16.0 Å². The van der Waals surface area contributed by atoms with Crippen LogP contribution >= 0.6 is 0 Å². The summed E-state index contributed by atoms with van der Waals surface area (Å²) < 4.78 is 5.44. The Kier molecular flexibility index (Phi) is 3.64.